The second-order valence-electron chi connectivity index (χ2n) is 4.91. The molecule has 3 aromatic rings. The lowest BCUT2D eigenvalue weighted by Crippen LogP contribution is -2.00. The first-order valence-corrected chi connectivity index (χ1v) is 7.10. The monoisotopic (exact) mass is 301 g/mol. The smallest absolute Gasteiger partial charge is 0.123 e. The molecule has 2 aromatic carbocycles. The van der Waals surface area contributed by atoms with Crippen LogP contribution in [0.2, 0.25) is 5.02 Å². The summed E-state index contributed by atoms with van der Waals surface area (Å²) in [4.78, 5) is 0. The van der Waals surface area contributed by atoms with Gasteiger partial charge in [0.15, 0.2) is 0 Å². The lowest BCUT2D eigenvalue weighted by atomic mass is 10.1. The van der Waals surface area contributed by atoms with Gasteiger partial charge in [0, 0.05) is 27.7 Å². The Hall–Kier alpha value is -1.97. The van der Waals surface area contributed by atoms with Crippen molar-refractivity contribution >= 4 is 22.5 Å². The highest BCUT2D eigenvalue weighted by molar-refractivity contribution is 6.30. The Morgan fingerprint density at radius 3 is 2.76 bits per heavy atom. The number of aliphatic hydroxyl groups is 1. The van der Waals surface area contributed by atoms with Crippen molar-refractivity contribution in [3.8, 4) is 5.75 Å². The zero-order valence-electron chi connectivity index (χ0n) is 11.7. The molecule has 0 spiro atoms. The summed E-state index contributed by atoms with van der Waals surface area (Å²) in [7, 11) is 1.66. The molecule has 0 aliphatic heterocycles. The molecular formula is C17H16ClNO2. The third kappa shape index (κ3) is 2.62. The van der Waals surface area contributed by atoms with Gasteiger partial charge in [0.05, 0.1) is 20.3 Å². The zero-order chi connectivity index (χ0) is 14.8. The molecule has 0 amide bonds. The lowest BCUT2D eigenvalue weighted by molar-refractivity contribution is 0.283. The van der Waals surface area contributed by atoms with Crippen molar-refractivity contribution in [3.05, 3.63) is 64.8 Å². The Balaban J connectivity index is 2.05. The summed E-state index contributed by atoms with van der Waals surface area (Å²) < 4.78 is 7.52. The minimum absolute atomic E-state index is 0.0435. The molecular weight excluding hydrogens is 286 g/mol. The van der Waals surface area contributed by atoms with Gasteiger partial charge in [-0.15, -0.1) is 0 Å². The van der Waals surface area contributed by atoms with Crippen LogP contribution in [0.15, 0.2) is 48.7 Å². The van der Waals surface area contributed by atoms with Crippen molar-refractivity contribution in [1.29, 1.82) is 0 Å². The Labute approximate surface area is 128 Å². The Bertz CT molecular complexity index is 780. The fourth-order valence-electron chi connectivity index (χ4n) is 2.62. The molecule has 1 heterocycles. The van der Waals surface area contributed by atoms with Crippen LogP contribution in [-0.2, 0) is 13.2 Å². The van der Waals surface area contributed by atoms with Crippen LogP contribution < -0.4 is 4.74 Å². The molecule has 108 valence electrons. The van der Waals surface area contributed by atoms with E-state index in [1.807, 2.05) is 48.7 Å². The van der Waals surface area contributed by atoms with E-state index in [1.54, 1.807) is 7.11 Å². The van der Waals surface area contributed by atoms with E-state index < -0.39 is 0 Å². The van der Waals surface area contributed by atoms with Crippen LogP contribution in [0.3, 0.4) is 0 Å². The number of hydrogen-bond donors (Lipinski definition) is 1. The molecule has 1 N–H and O–H groups in total. The van der Waals surface area contributed by atoms with E-state index in [0.29, 0.717) is 11.6 Å². The quantitative estimate of drug-likeness (QED) is 0.794. The minimum atomic E-state index is 0.0435. The number of nitrogens with zero attached hydrogens (tertiary/aromatic N) is 1. The normalized spacial score (nSPS) is 11.0. The third-order valence-corrected chi connectivity index (χ3v) is 3.89. The van der Waals surface area contributed by atoms with Crippen molar-refractivity contribution in [3.63, 3.8) is 0 Å². The predicted octanol–water partition coefficient (Wildman–Crippen LogP) is 3.84. The van der Waals surface area contributed by atoms with E-state index in [4.69, 9.17) is 16.3 Å². The second kappa shape index (κ2) is 5.80. The second-order valence-corrected chi connectivity index (χ2v) is 5.34. The SMILES string of the molecule is COc1ccc(Cl)cc1Cn1ccc2c(CO)cccc21. The molecule has 3 rings (SSSR count). The number of aliphatic hydroxyl groups excluding tert-OH is 1. The first-order chi connectivity index (χ1) is 10.2. The molecule has 0 fully saturated rings. The fourth-order valence-corrected chi connectivity index (χ4v) is 2.81. The number of hydrogen-bond acceptors (Lipinski definition) is 2. The summed E-state index contributed by atoms with van der Waals surface area (Å²) in [6.45, 7) is 0.712. The van der Waals surface area contributed by atoms with E-state index in [-0.39, 0.29) is 6.61 Å². The van der Waals surface area contributed by atoms with Gasteiger partial charge in [-0.25, -0.2) is 0 Å². The van der Waals surface area contributed by atoms with Crippen LogP contribution in [0.5, 0.6) is 5.75 Å². The van der Waals surface area contributed by atoms with E-state index in [2.05, 4.69) is 4.57 Å². The number of fused-ring (bicyclic) bond motifs is 1. The third-order valence-electron chi connectivity index (χ3n) is 3.66. The maximum Gasteiger partial charge on any atom is 0.123 e. The summed E-state index contributed by atoms with van der Waals surface area (Å²) >= 11 is 6.08. The summed E-state index contributed by atoms with van der Waals surface area (Å²) in [5.74, 6) is 0.819. The Kier molecular flexibility index (Phi) is 3.86. The molecule has 0 aliphatic carbocycles. The maximum atomic E-state index is 9.41. The fraction of sp³-hybridized carbons (Fsp3) is 0.176. The molecule has 0 atom stereocenters. The number of methoxy groups -OCH3 is 1. The Morgan fingerprint density at radius 2 is 2.00 bits per heavy atom. The summed E-state index contributed by atoms with van der Waals surface area (Å²) in [5.41, 5.74) is 3.05. The predicted molar refractivity (Wildman–Crippen MR) is 85.0 cm³/mol. The lowest BCUT2D eigenvalue weighted by Gasteiger charge is -2.11. The number of aromatic nitrogens is 1. The van der Waals surface area contributed by atoms with Crippen LogP contribution in [0.4, 0.5) is 0 Å². The average Bonchev–Trinajstić information content (AvgIpc) is 2.91. The van der Waals surface area contributed by atoms with Gasteiger partial charge in [-0.05, 0) is 35.9 Å². The topological polar surface area (TPSA) is 34.4 Å². The van der Waals surface area contributed by atoms with Gasteiger partial charge in [-0.3, -0.25) is 0 Å². The standard InChI is InChI=1S/C17H16ClNO2/c1-21-17-6-5-14(18)9-13(17)10-19-8-7-15-12(11-20)3-2-4-16(15)19/h2-9,20H,10-11H2,1H3. The van der Waals surface area contributed by atoms with Gasteiger partial charge in [0.25, 0.3) is 0 Å². The molecule has 21 heavy (non-hydrogen) atoms. The van der Waals surface area contributed by atoms with Gasteiger partial charge in [0.2, 0.25) is 0 Å². The highest BCUT2D eigenvalue weighted by Gasteiger charge is 2.09. The van der Waals surface area contributed by atoms with Crippen molar-refractivity contribution in [2.75, 3.05) is 7.11 Å². The summed E-state index contributed by atoms with van der Waals surface area (Å²) in [6.07, 6.45) is 2.02. The van der Waals surface area contributed by atoms with Crippen LogP contribution in [0.1, 0.15) is 11.1 Å². The van der Waals surface area contributed by atoms with Crippen LogP contribution in [0, 0.1) is 0 Å². The van der Waals surface area contributed by atoms with E-state index in [9.17, 15) is 5.11 Å². The van der Waals surface area contributed by atoms with Gasteiger partial charge < -0.3 is 14.4 Å². The van der Waals surface area contributed by atoms with E-state index in [1.165, 1.54) is 0 Å². The molecule has 4 heteroatoms. The number of halogens is 1. The number of ether oxygens (including phenoxy) is 1. The van der Waals surface area contributed by atoms with Crippen LogP contribution in [-0.4, -0.2) is 16.8 Å². The molecule has 0 saturated heterocycles. The zero-order valence-corrected chi connectivity index (χ0v) is 12.5. The minimum Gasteiger partial charge on any atom is -0.496 e. The molecule has 0 radical (unpaired) electrons. The van der Waals surface area contributed by atoms with E-state index in [0.717, 1.165) is 27.8 Å². The number of rotatable bonds is 4. The van der Waals surface area contributed by atoms with E-state index >= 15 is 0 Å². The largest absolute Gasteiger partial charge is 0.496 e. The van der Waals surface area contributed by atoms with Gasteiger partial charge in [0.1, 0.15) is 5.75 Å². The average molecular weight is 302 g/mol. The molecule has 0 saturated carbocycles. The van der Waals surface area contributed by atoms with Gasteiger partial charge in [-0.1, -0.05) is 23.7 Å². The first-order valence-electron chi connectivity index (χ1n) is 6.73. The van der Waals surface area contributed by atoms with Gasteiger partial charge >= 0.3 is 0 Å². The molecule has 0 bridgehead atoms. The van der Waals surface area contributed by atoms with Crippen molar-refractivity contribution in [2.45, 2.75) is 13.2 Å². The number of benzene rings is 2. The molecule has 0 aliphatic rings. The highest BCUT2D eigenvalue weighted by atomic mass is 35.5. The maximum absolute atomic E-state index is 9.41. The van der Waals surface area contributed by atoms with Crippen molar-refractivity contribution in [1.82, 2.24) is 4.57 Å². The first kappa shape index (κ1) is 14.0. The van der Waals surface area contributed by atoms with Crippen molar-refractivity contribution < 1.29 is 9.84 Å². The van der Waals surface area contributed by atoms with Crippen molar-refractivity contribution in [2.24, 2.45) is 0 Å². The highest BCUT2D eigenvalue weighted by Crippen LogP contribution is 2.26. The molecule has 0 unspecified atom stereocenters. The summed E-state index contributed by atoms with van der Waals surface area (Å²) in [6, 6.07) is 13.6. The van der Waals surface area contributed by atoms with Crippen LogP contribution in [0.25, 0.3) is 10.9 Å². The van der Waals surface area contributed by atoms with Crippen LogP contribution >= 0.6 is 11.6 Å². The Morgan fingerprint density at radius 1 is 1.14 bits per heavy atom. The summed E-state index contributed by atoms with van der Waals surface area (Å²) in [5, 5.41) is 11.2. The molecule has 1 aromatic heterocycles. The molecule has 3 nitrogen and oxygen atoms in total. The van der Waals surface area contributed by atoms with Gasteiger partial charge in [-0.2, -0.15) is 0 Å².